The van der Waals surface area contributed by atoms with Crippen LogP contribution < -0.4 is 5.32 Å². The van der Waals surface area contributed by atoms with Gasteiger partial charge in [-0.05, 0) is 30.3 Å². The van der Waals surface area contributed by atoms with Crippen LogP contribution in [0.1, 0.15) is 0 Å². The van der Waals surface area contributed by atoms with Crippen molar-refractivity contribution < 1.29 is 0 Å². The third-order valence-electron chi connectivity index (χ3n) is 5.30. The van der Waals surface area contributed by atoms with Gasteiger partial charge in [-0.2, -0.15) is 0 Å². The summed E-state index contributed by atoms with van der Waals surface area (Å²) in [7, 11) is 0. The summed E-state index contributed by atoms with van der Waals surface area (Å²) >= 11 is 0. The number of para-hydroxylation sites is 3. The Kier molecular flexibility index (Phi) is 2.64. The lowest BCUT2D eigenvalue weighted by Gasteiger charge is -2.08. The number of nitrogens with zero attached hydrogens (tertiary/aromatic N) is 1. The van der Waals surface area contributed by atoms with Crippen LogP contribution in [0.3, 0.4) is 0 Å². The fraction of sp³-hybridized carbons (Fsp3) is 0. The molecule has 0 aliphatic heterocycles. The van der Waals surface area contributed by atoms with Crippen LogP contribution in [-0.4, -0.2) is 4.40 Å². The molecule has 2 heterocycles. The summed E-state index contributed by atoms with van der Waals surface area (Å²) < 4.78 is 2.41. The van der Waals surface area contributed by atoms with E-state index in [0.29, 0.717) is 0 Å². The molecule has 0 unspecified atom stereocenters. The summed E-state index contributed by atoms with van der Waals surface area (Å²) in [5.74, 6) is 0. The van der Waals surface area contributed by atoms with Crippen molar-refractivity contribution in [1.82, 2.24) is 4.40 Å². The van der Waals surface area contributed by atoms with E-state index in [2.05, 4.69) is 94.6 Å². The van der Waals surface area contributed by atoms with Gasteiger partial charge in [0.25, 0.3) is 0 Å². The summed E-state index contributed by atoms with van der Waals surface area (Å²) in [6.07, 6.45) is 0. The fourth-order valence-electron chi connectivity index (χ4n) is 4.24. The average Bonchev–Trinajstić information content (AvgIpc) is 3.21. The van der Waals surface area contributed by atoms with Crippen molar-refractivity contribution in [2.75, 3.05) is 5.32 Å². The van der Waals surface area contributed by atoms with E-state index in [1.54, 1.807) is 0 Å². The van der Waals surface area contributed by atoms with Gasteiger partial charge in [-0.3, -0.25) is 0 Å². The molecule has 0 saturated carbocycles. The molecule has 0 aliphatic rings. The number of anilines is 2. The van der Waals surface area contributed by atoms with Gasteiger partial charge in [-0.15, -0.1) is 0 Å². The molecule has 122 valence electrons. The fourth-order valence-corrected chi connectivity index (χ4v) is 4.24. The SMILES string of the molecule is c1ccc(Nc2ccc3c4ccccc4n4c5ccccc5c2c34)cc1. The van der Waals surface area contributed by atoms with Crippen molar-refractivity contribution in [3.63, 3.8) is 0 Å². The molecule has 2 heteroatoms. The summed E-state index contributed by atoms with van der Waals surface area (Å²) in [5, 5.41) is 8.82. The molecule has 0 amide bonds. The molecular weight excluding hydrogens is 316 g/mol. The number of hydrogen-bond acceptors (Lipinski definition) is 1. The highest BCUT2D eigenvalue weighted by atomic mass is 14.9. The monoisotopic (exact) mass is 332 g/mol. The van der Waals surface area contributed by atoms with Gasteiger partial charge in [0.2, 0.25) is 0 Å². The topological polar surface area (TPSA) is 16.4 Å². The van der Waals surface area contributed by atoms with Gasteiger partial charge in [-0.1, -0.05) is 60.7 Å². The predicted molar refractivity (Wildman–Crippen MR) is 111 cm³/mol. The van der Waals surface area contributed by atoms with Crippen LogP contribution in [0, 0.1) is 0 Å². The van der Waals surface area contributed by atoms with E-state index in [4.69, 9.17) is 0 Å². The molecule has 4 aromatic carbocycles. The van der Waals surface area contributed by atoms with Crippen LogP contribution in [0.2, 0.25) is 0 Å². The van der Waals surface area contributed by atoms with Gasteiger partial charge >= 0.3 is 0 Å². The molecule has 0 atom stereocenters. The Bertz CT molecular complexity index is 1390. The third-order valence-corrected chi connectivity index (χ3v) is 5.30. The first-order chi connectivity index (χ1) is 12.9. The molecule has 6 rings (SSSR count). The number of rotatable bonds is 2. The number of benzene rings is 4. The molecule has 2 nitrogen and oxygen atoms in total. The standard InChI is InChI=1S/C24H16N2/c1-2-8-16(9-3-1)25-20-15-14-18-17-10-4-6-12-21(17)26-22-13-7-5-11-19(22)23(20)24(18)26/h1-15,25H. The van der Waals surface area contributed by atoms with E-state index >= 15 is 0 Å². The van der Waals surface area contributed by atoms with Gasteiger partial charge in [0.15, 0.2) is 0 Å². The summed E-state index contributed by atoms with van der Waals surface area (Å²) in [6.45, 7) is 0. The maximum atomic E-state index is 3.62. The van der Waals surface area contributed by atoms with E-state index in [1.807, 2.05) is 6.07 Å². The highest BCUT2D eigenvalue weighted by molar-refractivity contribution is 6.26. The molecule has 0 radical (unpaired) electrons. The molecule has 26 heavy (non-hydrogen) atoms. The van der Waals surface area contributed by atoms with Crippen molar-refractivity contribution in [1.29, 1.82) is 0 Å². The molecule has 0 bridgehead atoms. The van der Waals surface area contributed by atoms with Gasteiger partial charge in [0.05, 0.1) is 16.6 Å². The largest absolute Gasteiger partial charge is 0.355 e. The normalized spacial score (nSPS) is 11.8. The summed E-state index contributed by atoms with van der Waals surface area (Å²) in [6, 6.07) is 32.2. The second-order valence-electron chi connectivity index (χ2n) is 6.75. The van der Waals surface area contributed by atoms with E-state index in [0.717, 1.165) is 11.4 Å². The average molecular weight is 332 g/mol. The Morgan fingerprint density at radius 3 is 2.00 bits per heavy atom. The quantitative estimate of drug-likeness (QED) is 0.379. The summed E-state index contributed by atoms with van der Waals surface area (Å²) in [4.78, 5) is 0. The van der Waals surface area contributed by atoms with Crippen molar-refractivity contribution in [3.05, 3.63) is 91.0 Å². The van der Waals surface area contributed by atoms with E-state index < -0.39 is 0 Å². The first-order valence-electron chi connectivity index (χ1n) is 8.90. The smallest absolute Gasteiger partial charge is 0.0641 e. The van der Waals surface area contributed by atoms with Crippen LogP contribution in [0.25, 0.3) is 38.1 Å². The Morgan fingerprint density at radius 1 is 0.538 bits per heavy atom. The Balaban J connectivity index is 1.80. The number of aromatic nitrogens is 1. The van der Waals surface area contributed by atoms with E-state index in [-0.39, 0.29) is 0 Å². The molecule has 0 saturated heterocycles. The lowest BCUT2D eigenvalue weighted by molar-refractivity contribution is 1.37. The van der Waals surface area contributed by atoms with Gasteiger partial charge < -0.3 is 9.72 Å². The Hall–Kier alpha value is -3.52. The van der Waals surface area contributed by atoms with Crippen LogP contribution in [0.5, 0.6) is 0 Å². The van der Waals surface area contributed by atoms with E-state index in [1.165, 1.54) is 38.1 Å². The second-order valence-corrected chi connectivity index (χ2v) is 6.75. The summed E-state index contributed by atoms with van der Waals surface area (Å²) in [5.41, 5.74) is 6.09. The Labute approximate surface area is 150 Å². The lowest BCUT2D eigenvalue weighted by Crippen LogP contribution is -1.90. The molecular formula is C24H16N2. The van der Waals surface area contributed by atoms with Crippen molar-refractivity contribution in [2.24, 2.45) is 0 Å². The zero-order valence-electron chi connectivity index (χ0n) is 14.1. The molecule has 0 aliphatic carbocycles. The van der Waals surface area contributed by atoms with Gasteiger partial charge in [0, 0.05) is 32.9 Å². The van der Waals surface area contributed by atoms with Gasteiger partial charge in [-0.25, -0.2) is 0 Å². The molecule has 6 aromatic rings. The predicted octanol–water partition coefficient (Wildman–Crippen LogP) is 6.58. The minimum Gasteiger partial charge on any atom is -0.355 e. The Morgan fingerprint density at radius 2 is 1.19 bits per heavy atom. The number of hydrogen-bond donors (Lipinski definition) is 1. The van der Waals surface area contributed by atoms with Crippen LogP contribution in [0.15, 0.2) is 91.0 Å². The lowest BCUT2D eigenvalue weighted by atomic mass is 10.1. The van der Waals surface area contributed by atoms with Crippen LogP contribution in [0.4, 0.5) is 11.4 Å². The zero-order valence-corrected chi connectivity index (χ0v) is 14.1. The number of fused-ring (bicyclic) bond motifs is 6. The zero-order chi connectivity index (χ0) is 17.1. The third kappa shape index (κ3) is 1.71. The maximum Gasteiger partial charge on any atom is 0.0641 e. The molecule has 2 aromatic heterocycles. The maximum absolute atomic E-state index is 3.62. The van der Waals surface area contributed by atoms with Crippen molar-refractivity contribution in [3.8, 4) is 0 Å². The van der Waals surface area contributed by atoms with Crippen molar-refractivity contribution in [2.45, 2.75) is 0 Å². The minimum atomic E-state index is 1.11. The molecule has 0 fully saturated rings. The number of nitrogens with one attached hydrogen (secondary N) is 1. The first kappa shape index (κ1) is 13.7. The van der Waals surface area contributed by atoms with E-state index in [9.17, 15) is 0 Å². The minimum absolute atomic E-state index is 1.11. The molecule has 0 spiro atoms. The second kappa shape index (κ2) is 4.99. The van der Waals surface area contributed by atoms with Crippen LogP contribution in [-0.2, 0) is 0 Å². The molecule has 1 N–H and O–H groups in total. The van der Waals surface area contributed by atoms with Crippen molar-refractivity contribution >= 4 is 49.5 Å². The highest BCUT2D eigenvalue weighted by Crippen LogP contribution is 2.42. The van der Waals surface area contributed by atoms with Gasteiger partial charge in [0.1, 0.15) is 0 Å². The van der Waals surface area contributed by atoms with Crippen LogP contribution >= 0.6 is 0 Å². The highest BCUT2D eigenvalue weighted by Gasteiger charge is 2.19. The first-order valence-corrected chi connectivity index (χ1v) is 8.90.